The first kappa shape index (κ1) is 23.1. The molecule has 0 saturated carbocycles. The van der Waals surface area contributed by atoms with E-state index in [-0.39, 0.29) is 23.0 Å². The van der Waals surface area contributed by atoms with Gasteiger partial charge in [0, 0.05) is 11.3 Å². The number of rotatable bonds is 5. The van der Waals surface area contributed by atoms with E-state index in [1.165, 1.54) is 17.0 Å². The van der Waals surface area contributed by atoms with Crippen LogP contribution in [0.5, 0.6) is 11.5 Å². The van der Waals surface area contributed by atoms with Crippen molar-refractivity contribution >= 4 is 23.1 Å². The molecule has 6 heteroatoms. The number of para-hydroxylation sites is 1. The highest BCUT2D eigenvalue weighted by Gasteiger charge is 2.47. The van der Waals surface area contributed by atoms with Crippen LogP contribution < -0.4 is 9.64 Å². The van der Waals surface area contributed by atoms with E-state index in [2.05, 4.69) is 0 Å². The zero-order valence-corrected chi connectivity index (χ0v) is 19.6. The number of benzene rings is 3. The van der Waals surface area contributed by atoms with Gasteiger partial charge in [0.2, 0.25) is 0 Å². The summed E-state index contributed by atoms with van der Waals surface area (Å²) in [5, 5.41) is 21.5. The van der Waals surface area contributed by atoms with E-state index in [4.69, 9.17) is 4.74 Å². The van der Waals surface area contributed by atoms with Crippen molar-refractivity contribution in [2.24, 2.45) is 0 Å². The Morgan fingerprint density at radius 1 is 1.00 bits per heavy atom. The Bertz CT molecular complexity index is 1310. The van der Waals surface area contributed by atoms with E-state index in [1.807, 2.05) is 32.9 Å². The van der Waals surface area contributed by atoms with Crippen molar-refractivity contribution in [2.75, 3.05) is 12.0 Å². The van der Waals surface area contributed by atoms with Crippen LogP contribution in [0, 0.1) is 6.92 Å². The normalized spacial score (nSPS) is 17.4. The lowest BCUT2D eigenvalue weighted by Crippen LogP contribution is -2.30. The third kappa shape index (κ3) is 3.92. The maximum absolute atomic E-state index is 13.3. The van der Waals surface area contributed by atoms with E-state index < -0.39 is 17.7 Å². The quantitative estimate of drug-likeness (QED) is 0.302. The molecular weight excluding hydrogens is 430 g/mol. The molecule has 0 aromatic heterocycles. The topological polar surface area (TPSA) is 87.1 Å². The van der Waals surface area contributed by atoms with Crippen LogP contribution in [0.25, 0.3) is 5.76 Å². The minimum Gasteiger partial charge on any atom is -0.508 e. The molecule has 0 aliphatic carbocycles. The Morgan fingerprint density at radius 3 is 2.38 bits per heavy atom. The van der Waals surface area contributed by atoms with Gasteiger partial charge >= 0.3 is 0 Å². The predicted octanol–water partition coefficient (Wildman–Crippen LogP) is 5.46. The fraction of sp³-hybridized carbons (Fsp3) is 0.214. The number of hydrogen-bond donors (Lipinski definition) is 2. The first-order valence-electron chi connectivity index (χ1n) is 11.1. The SMILES string of the molecule is COc1ccc(/C(O)=C2/C(=O)C(=O)N(c3ccccc3C)C2c2cccc(O)c2)cc1C(C)C. The molecule has 1 saturated heterocycles. The molecule has 174 valence electrons. The van der Waals surface area contributed by atoms with Crippen LogP contribution in [0.4, 0.5) is 5.69 Å². The minimum atomic E-state index is -0.905. The average Bonchev–Trinajstić information content (AvgIpc) is 3.09. The number of amides is 1. The van der Waals surface area contributed by atoms with Crippen LogP contribution in [0.2, 0.25) is 0 Å². The van der Waals surface area contributed by atoms with Crippen LogP contribution in [-0.4, -0.2) is 29.0 Å². The number of phenolic OH excluding ortho intramolecular Hbond substituents is 1. The molecule has 1 aliphatic heterocycles. The molecule has 3 aromatic rings. The lowest BCUT2D eigenvalue weighted by Gasteiger charge is -2.27. The molecule has 1 amide bonds. The molecule has 4 rings (SSSR count). The largest absolute Gasteiger partial charge is 0.508 e. The predicted molar refractivity (Wildman–Crippen MR) is 131 cm³/mol. The summed E-state index contributed by atoms with van der Waals surface area (Å²) in [5.74, 6) is -1.00. The number of ether oxygens (including phenoxy) is 1. The summed E-state index contributed by atoms with van der Waals surface area (Å²) in [6.45, 7) is 5.86. The van der Waals surface area contributed by atoms with Gasteiger partial charge in [-0.25, -0.2) is 0 Å². The Kier molecular flexibility index (Phi) is 6.16. The number of hydrogen-bond acceptors (Lipinski definition) is 5. The summed E-state index contributed by atoms with van der Waals surface area (Å²) in [4.78, 5) is 28.0. The number of aromatic hydroxyl groups is 1. The Labute approximate surface area is 198 Å². The molecule has 1 fully saturated rings. The molecule has 0 spiro atoms. The Morgan fingerprint density at radius 2 is 1.74 bits per heavy atom. The molecule has 3 aromatic carbocycles. The smallest absolute Gasteiger partial charge is 0.300 e. The fourth-order valence-electron chi connectivity index (χ4n) is 4.41. The van der Waals surface area contributed by atoms with Crippen molar-refractivity contribution in [1.29, 1.82) is 0 Å². The van der Waals surface area contributed by atoms with Gasteiger partial charge in [0.1, 0.15) is 17.3 Å². The number of anilines is 1. The molecule has 6 nitrogen and oxygen atoms in total. The maximum atomic E-state index is 13.3. The van der Waals surface area contributed by atoms with Gasteiger partial charge < -0.3 is 14.9 Å². The highest BCUT2D eigenvalue weighted by molar-refractivity contribution is 6.51. The summed E-state index contributed by atoms with van der Waals surface area (Å²) in [7, 11) is 1.58. The minimum absolute atomic E-state index is 0.000544. The van der Waals surface area contributed by atoms with Crippen molar-refractivity contribution in [3.8, 4) is 11.5 Å². The van der Waals surface area contributed by atoms with Gasteiger partial charge in [-0.15, -0.1) is 0 Å². The number of Topliss-reactive ketones (excluding diaryl/α,β-unsaturated/α-hetero) is 1. The number of nitrogens with zero attached hydrogens (tertiary/aromatic N) is 1. The van der Waals surface area contributed by atoms with Gasteiger partial charge in [-0.1, -0.05) is 44.2 Å². The van der Waals surface area contributed by atoms with Crippen molar-refractivity contribution in [3.63, 3.8) is 0 Å². The summed E-state index contributed by atoms with van der Waals surface area (Å²) in [5.41, 5.74) is 3.14. The average molecular weight is 458 g/mol. The summed E-state index contributed by atoms with van der Waals surface area (Å²) >= 11 is 0. The van der Waals surface area contributed by atoms with Gasteiger partial charge in [-0.2, -0.15) is 0 Å². The summed E-state index contributed by atoms with van der Waals surface area (Å²) < 4.78 is 5.44. The zero-order valence-electron chi connectivity index (χ0n) is 19.6. The number of carbonyl (C=O) groups is 2. The molecule has 1 atom stereocenters. The van der Waals surface area contributed by atoms with Crippen LogP contribution in [0.3, 0.4) is 0 Å². The molecular formula is C28H27NO5. The van der Waals surface area contributed by atoms with Gasteiger partial charge in [-0.3, -0.25) is 14.5 Å². The van der Waals surface area contributed by atoms with Crippen molar-refractivity contribution < 1.29 is 24.5 Å². The lowest BCUT2D eigenvalue weighted by molar-refractivity contribution is -0.132. The van der Waals surface area contributed by atoms with Crippen LogP contribution in [0.1, 0.15) is 48.1 Å². The fourth-order valence-corrected chi connectivity index (χ4v) is 4.41. The second-order valence-electron chi connectivity index (χ2n) is 8.66. The van der Waals surface area contributed by atoms with Crippen molar-refractivity contribution in [1.82, 2.24) is 0 Å². The molecule has 2 N–H and O–H groups in total. The third-order valence-corrected chi connectivity index (χ3v) is 6.13. The van der Waals surface area contributed by atoms with Crippen molar-refractivity contribution in [3.05, 3.63) is 94.6 Å². The van der Waals surface area contributed by atoms with Gasteiger partial charge in [0.25, 0.3) is 11.7 Å². The van der Waals surface area contributed by atoms with Crippen molar-refractivity contribution in [2.45, 2.75) is 32.7 Å². The third-order valence-electron chi connectivity index (χ3n) is 6.13. The highest BCUT2D eigenvalue weighted by atomic mass is 16.5. The first-order chi connectivity index (χ1) is 16.2. The molecule has 0 bridgehead atoms. The Balaban J connectivity index is 1.97. The number of phenols is 1. The second-order valence-corrected chi connectivity index (χ2v) is 8.66. The summed E-state index contributed by atoms with van der Waals surface area (Å²) in [6.07, 6.45) is 0. The summed E-state index contributed by atoms with van der Waals surface area (Å²) in [6, 6.07) is 17.9. The second kappa shape index (κ2) is 9.06. The molecule has 34 heavy (non-hydrogen) atoms. The van der Waals surface area contributed by atoms with Crippen LogP contribution >= 0.6 is 0 Å². The van der Waals surface area contributed by atoms with Gasteiger partial charge in [0.15, 0.2) is 0 Å². The highest BCUT2D eigenvalue weighted by Crippen LogP contribution is 2.44. The van der Waals surface area contributed by atoms with E-state index in [1.54, 1.807) is 49.6 Å². The number of aliphatic hydroxyl groups excluding tert-OH is 1. The number of ketones is 1. The van der Waals surface area contributed by atoms with E-state index in [0.717, 1.165) is 11.1 Å². The number of aliphatic hydroxyl groups is 1. The molecule has 1 unspecified atom stereocenters. The van der Waals surface area contributed by atoms with Crippen LogP contribution in [-0.2, 0) is 9.59 Å². The molecule has 0 radical (unpaired) electrons. The monoisotopic (exact) mass is 457 g/mol. The first-order valence-corrected chi connectivity index (χ1v) is 11.1. The number of aryl methyl sites for hydroxylation is 1. The van der Waals surface area contributed by atoms with E-state index in [9.17, 15) is 19.8 Å². The molecule has 1 heterocycles. The maximum Gasteiger partial charge on any atom is 0.300 e. The molecule has 1 aliphatic rings. The van der Waals surface area contributed by atoms with Gasteiger partial charge in [0.05, 0.1) is 18.7 Å². The zero-order chi connectivity index (χ0) is 24.6. The van der Waals surface area contributed by atoms with E-state index in [0.29, 0.717) is 22.6 Å². The van der Waals surface area contributed by atoms with Crippen LogP contribution in [0.15, 0.2) is 72.3 Å². The number of methoxy groups -OCH3 is 1. The Hall–Kier alpha value is -4.06. The van der Waals surface area contributed by atoms with E-state index >= 15 is 0 Å². The standard InChI is InChI=1S/C28H27NO5/c1-16(2)21-15-19(12-13-23(21)34-4)26(31)24-25(18-9-7-10-20(30)14-18)29(28(33)27(24)32)22-11-6-5-8-17(22)3/h5-16,25,30-31H,1-4H3/b26-24-. The van der Waals surface area contributed by atoms with Gasteiger partial charge in [-0.05, 0) is 65.9 Å². The number of carbonyl (C=O) groups excluding carboxylic acids is 2. The lowest BCUT2D eigenvalue weighted by atomic mass is 9.93.